The highest BCUT2D eigenvalue weighted by Gasteiger charge is 2.03. The fourth-order valence-corrected chi connectivity index (χ4v) is 2.49. The lowest BCUT2D eigenvalue weighted by molar-refractivity contribution is 0.368. The third-order valence-electron chi connectivity index (χ3n) is 4.12. The number of rotatable bonds is 7. The van der Waals surface area contributed by atoms with Gasteiger partial charge in [-0.05, 0) is 56.3 Å². The SMILES string of the molecule is C=C(C)/C=C\C(=C)Oc1ccccc1OC.CC.CC.Cc1ccc(Oc2ccccc2C#N)cc1. The van der Waals surface area contributed by atoms with E-state index in [9.17, 15) is 0 Å². The molecule has 0 atom stereocenters. The molecule has 0 aromatic heterocycles. The second-order valence-electron chi connectivity index (χ2n) is 6.92. The Balaban J connectivity index is 0.000000598. The number of hydrogen-bond acceptors (Lipinski definition) is 4. The molecule has 0 N–H and O–H groups in total. The van der Waals surface area contributed by atoms with Gasteiger partial charge in [0.1, 0.15) is 23.3 Å². The highest BCUT2D eigenvalue weighted by Crippen LogP contribution is 2.27. The Kier molecular flexibility index (Phi) is 16.9. The van der Waals surface area contributed by atoms with Crippen molar-refractivity contribution >= 4 is 0 Å². The van der Waals surface area contributed by atoms with Crippen molar-refractivity contribution in [2.45, 2.75) is 41.5 Å². The smallest absolute Gasteiger partial charge is 0.169 e. The van der Waals surface area contributed by atoms with E-state index in [0.29, 0.717) is 28.6 Å². The van der Waals surface area contributed by atoms with Crippen LogP contribution in [0.15, 0.2) is 109 Å². The van der Waals surface area contributed by atoms with Gasteiger partial charge in [-0.25, -0.2) is 0 Å². The number of aryl methyl sites for hydroxylation is 1. The van der Waals surface area contributed by atoms with Gasteiger partial charge in [0.05, 0.1) is 12.7 Å². The van der Waals surface area contributed by atoms with E-state index in [1.165, 1.54) is 5.56 Å². The minimum atomic E-state index is 0.545. The van der Waals surface area contributed by atoms with Gasteiger partial charge in [-0.1, -0.05) is 94.5 Å². The molecule has 3 rings (SSSR count). The van der Waals surface area contributed by atoms with Gasteiger partial charge >= 0.3 is 0 Å². The molecule has 0 aliphatic heterocycles. The molecule has 190 valence electrons. The molecule has 0 aliphatic rings. The summed E-state index contributed by atoms with van der Waals surface area (Å²) in [6, 6.07) is 24.5. The molecular formula is C32H39NO3. The van der Waals surface area contributed by atoms with Gasteiger partial charge in [0.15, 0.2) is 11.5 Å². The van der Waals surface area contributed by atoms with Crippen LogP contribution in [0.2, 0.25) is 0 Å². The first-order valence-corrected chi connectivity index (χ1v) is 12.0. The molecule has 0 saturated heterocycles. The molecule has 4 heteroatoms. The third-order valence-corrected chi connectivity index (χ3v) is 4.12. The van der Waals surface area contributed by atoms with Crippen LogP contribution in [-0.2, 0) is 0 Å². The maximum atomic E-state index is 8.91. The number of para-hydroxylation sites is 3. The average Bonchev–Trinajstić information content (AvgIpc) is 2.92. The van der Waals surface area contributed by atoms with Crippen molar-refractivity contribution in [1.82, 2.24) is 0 Å². The first-order chi connectivity index (χ1) is 17.4. The zero-order valence-electron chi connectivity index (χ0n) is 22.7. The second-order valence-corrected chi connectivity index (χ2v) is 6.92. The van der Waals surface area contributed by atoms with E-state index >= 15 is 0 Å². The van der Waals surface area contributed by atoms with Crippen molar-refractivity contribution in [3.05, 3.63) is 121 Å². The normalized spacial score (nSPS) is 9.06. The summed E-state index contributed by atoms with van der Waals surface area (Å²) >= 11 is 0. The van der Waals surface area contributed by atoms with Crippen LogP contribution in [0.25, 0.3) is 0 Å². The first kappa shape index (κ1) is 31.8. The zero-order chi connectivity index (χ0) is 27.3. The summed E-state index contributed by atoms with van der Waals surface area (Å²) in [5.74, 6) is 3.23. The Hall–Kier alpha value is -4.23. The molecule has 0 unspecified atom stereocenters. The Labute approximate surface area is 217 Å². The maximum Gasteiger partial charge on any atom is 0.169 e. The van der Waals surface area contributed by atoms with Crippen molar-refractivity contribution in [2.24, 2.45) is 0 Å². The molecule has 3 aromatic rings. The van der Waals surface area contributed by atoms with Gasteiger partial charge in [0.25, 0.3) is 0 Å². The highest BCUT2D eigenvalue weighted by atomic mass is 16.5. The van der Waals surface area contributed by atoms with E-state index in [1.54, 1.807) is 25.3 Å². The topological polar surface area (TPSA) is 51.5 Å². The first-order valence-electron chi connectivity index (χ1n) is 12.0. The minimum absolute atomic E-state index is 0.545. The summed E-state index contributed by atoms with van der Waals surface area (Å²) in [6.07, 6.45) is 3.62. The van der Waals surface area contributed by atoms with Gasteiger partial charge in [-0.15, -0.1) is 0 Å². The molecule has 0 saturated carbocycles. The van der Waals surface area contributed by atoms with Crippen LogP contribution in [0.5, 0.6) is 23.0 Å². The molecule has 0 fully saturated rings. The molecule has 0 aliphatic carbocycles. The number of allylic oxidation sites excluding steroid dienone is 3. The van der Waals surface area contributed by atoms with E-state index in [2.05, 4.69) is 19.2 Å². The summed E-state index contributed by atoms with van der Waals surface area (Å²) in [7, 11) is 1.61. The van der Waals surface area contributed by atoms with Crippen LogP contribution in [0.3, 0.4) is 0 Å². The van der Waals surface area contributed by atoms with Crippen LogP contribution in [0.1, 0.15) is 45.7 Å². The molecule has 4 nitrogen and oxygen atoms in total. The zero-order valence-corrected chi connectivity index (χ0v) is 22.7. The molecule has 0 heterocycles. The lowest BCUT2D eigenvalue weighted by atomic mass is 10.2. The van der Waals surface area contributed by atoms with Gasteiger partial charge in [0.2, 0.25) is 0 Å². The predicted octanol–water partition coefficient (Wildman–Crippen LogP) is 9.43. The Morgan fingerprint density at radius 3 is 1.83 bits per heavy atom. The van der Waals surface area contributed by atoms with E-state index in [4.69, 9.17) is 19.5 Å². The monoisotopic (exact) mass is 485 g/mol. The molecule has 0 spiro atoms. The van der Waals surface area contributed by atoms with Crippen LogP contribution < -0.4 is 14.2 Å². The van der Waals surface area contributed by atoms with E-state index in [1.807, 2.05) is 108 Å². The number of methoxy groups -OCH3 is 1. The van der Waals surface area contributed by atoms with Crippen LogP contribution >= 0.6 is 0 Å². The summed E-state index contributed by atoms with van der Waals surface area (Å²) in [6.45, 7) is 19.5. The Bertz CT molecular complexity index is 1120. The Morgan fingerprint density at radius 2 is 1.31 bits per heavy atom. The van der Waals surface area contributed by atoms with Gasteiger partial charge in [0, 0.05) is 0 Å². The minimum Gasteiger partial charge on any atom is -0.493 e. The van der Waals surface area contributed by atoms with E-state index < -0.39 is 0 Å². The summed E-state index contributed by atoms with van der Waals surface area (Å²) < 4.78 is 16.3. The molecular weight excluding hydrogens is 446 g/mol. The van der Waals surface area contributed by atoms with Crippen molar-refractivity contribution in [3.63, 3.8) is 0 Å². The van der Waals surface area contributed by atoms with Crippen molar-refractivity contribution < 1.29 is 14.2 Å². The Morgan fingerprint density at radius 1 is 0.778 bits per heavy atom. The fraction of sp³-hybridized carbons (Fsp3) is 0.219. The molecule has 3 aromatic carbocycles. The largest absolute Gasteiger partial charge is 0.493 e. The number of nitriles is 1. The maximum absolute atomic E-state index is 8.91. The van der Waals surface area contributed by atoms with Crippen LogP contribution in [-0.4, -0.2) is 7.11 Å². The number of nitrogens with zero attached hydrogens (tertiary/aromatic N) is 1. The highest BCUT2D eigenvalue weighted by molar-refractivity contribution is 5.45. The lowest BCUT2D eigenvalue weighted by Crippen LogP contribution is -1.93. The van der Waals surface area contributed by atoms with Crippen LogP contribution in [0.4, 0.5) is 0 Å². The molecule has 0 amide bonds. The quantitative estimate of drug-likeness (QED) is 0.247. The molecule has 0 radical (unpaired) electrons. The third kappa shape index (κ3) is 12.3. The standard InChI is InChI=1S/C14H11NO.C14H16O2.2C2H6/c1-11-6-8-13(9-7-11)16-14-5-3-2-4-12(14)10-15;1-11(2)9-10-12(3)16-14-8-6-5-7-13(14)15-4;2*1-2/h2-9H,1H3;5-10H,1,3H2,2,4H3;2*1-2H3/b;10-9-;;. The summed E-state index contributed by atoms with van der Waals surface area (Å²) in [5.41, 5.74) is 2.67. The van der Waals surface area contributed by atoms with Gasteiger partial charge < -0.3 is 14.2 Å². The second kappa shape index (κ2) is 19.1. The molecule has 0 bridgehead atoms. The number of benzene rings is 3. The van der Waals surface area contributed by atoms with Gasteiger partial charge in [-0.2, -0.15) is 5.26 Å². The van der Waals surface area contributed by atoms with E-state index in [-0.39, 0.29) is 0 Å². The van der Waals surface area contributed by atoms with E-state index in [0.717, 1.165) is 11.3 Å². The summed E-state index contributed by atoms with van der Waals surface area (Å²) in [5, 5.41) is 8.91. The lowest BCUT2D eigenvalue weighted by Gasteiger charge is -2.09. The number of ether oxygens (including phenoxy) is 3. The van der Waals surface area contributed by atoms with Crippen molar-refractivity contribution in [2.75, 3.05) is 7.11 Å². The van der Waals surface area contributed by atoms with Crippen LogP contribution in [0, 0.1) is 18.3 Å². The number of hydrogen-bond donors (Lipinski definition) is 0. The van der Waals surface area contributed by atoms with Crippen molar-refractivity contribution in [3.8, 4) is 29.1 Å². The summed E-state index contributed by atoms with van der Waals surface area (Å²) in [4.78, 5) is 0. The van der Waals surface area contributed by atoms with Crippen molar-refractivity contribution in [1.29, 1.82) is 5.26 Å². The average molecular weight is 486 g/mol. The van der Waals surface area contributed by atoms with Gasteiger partial charge in [-0.3, -0.25) is 0 Å². The predicted molar refractivity (Wildman–Crippen MR) is 152 cm³/mol. The fourth-order valence-electron chi connectivity index (χ4n) is 2.49. The molecule has 36 heavy (non-hydrogen) atoms.